The predicted molar refractivity (Wildman–Crippen MR) is 54.9 cm³/mol. The number of carboxylic acid groups (broad SMARTS) is 1. The number of amides is 1. The second-order valence-electron chi connectivity index (χ2n) is 4.02. The molecule has 0 radical (unpaired) electrons. The van der Waals surface area contributed by atoms with Crippen LogP contribution in [-0.4, -0.2) is 33.3 Å². The first kappa shape index (κ1) is 11.4. The highest BCUT2D eigenvalue weighted by molar-refractivity contribution is 5.96. The van der Waals surface area contributed by atoms with Crippen molar-refractivity contribution >= 4 is 17.7 Å². The number of aromatic nitrogens is 2. The van der Waals surface area contributed by atoms with Crippen LogP contribution in [-0.2, 0) is 4.79 Å². The SMILES string of the molecule is Nc1nonc1C(=O)NC1CCC(C(=O)O)C1. The van der Waals surface area contributed by atoms with Crippen molar-refractivity contribution in [1.82, 2.24) is 15.6 Å². The molecule has 1 aliphatic rings. The molecule has 0 bridgehead atoms. The van der Waals surface area contributed by atoms with Crippen LogP contribution in [0, 0.1) is 5.92 Å². The van der Waals surface area contributed by atoms with Crippen molar-refractivity contribution in [3.05, 3.63) is 5.69 Å². The standard InChI is InChI=1S/C9H12N4O4/c10-7-6(12-17-13-7)8(14)11-5-2-1-4(3-5)9(15)16/h4-5H,1-3H2,(H2,10,13)(H,11,14)(H,15,16). The smallest absolute Gasteiger partial charge is 0.306 e. The van der Waals surface area contributed by atoms with E-state index in [9.17, 15) is 9.59 Å². The van der Waals surface area contributed by atoms with E-state index in [2.05, 4.69) is 20.3 Å². The highest BCUT2D eigenvalue weighted by atomic mass is 16.6. The number of anilines is 1. The van der Waals surface area contributed by atoms with E-state index in [1.807, 2.05) is 0 Å². The number of hydrogen-bond donors (Lipinski definition) is 3. The zero-order valence-corrected chi connectivity index (χ0v) is 8.92. The van der Waals surface area contributed by atoms with E-state index >= 15 is 0 Å². The maximum Gasteiger partial charge on any atom is 0.306 e. The molecule has 1 aromatic rings. The predicted octanol–water partition coefficient (Wildman–Crippen LogP) is -0.365. The minimum atomic E-state index is -0.829. The van der Waals surface area contributed by atoms with Crippen molar-refractivity contribution in [2.75, 3.05) is 5.73 Å². The van der Waals surface area contributed by atoms with Crippen LogP contribution in [0.4, 0.5) is 5.82 Å². The molecular formula is C9H12N4O4. The molecule has 8 heteroatoms. The Morgan fingerprint density at radius 3 is 2.71 bits per heavy atom. The van der Waals surface area contributed by atoms with Gasteiger partial charge in [0.2, 0.25) is 11.5 Å². The van der Waals surface area contributed by atoms with Gasteiger partial charge in [0.1, 0.15) is 0 Å². The van der Waals surface area contributed by atoms with Crippen LogP contribution in [0.2, 0.25) is 0 Å². The Hall–Kier alpha value is -2.12. The number of nitrogens with two attached hydrogens (primary N) is 1. The first-order valence-corrected chi connectivity index (χ1v) is 5.19. The molecule has 8 nitrogen and oxygen atoms in total. The Bertz CT molecular complexity index is 444. The first-order valence-electron chi connectivity index (χ1n) is 5.19. The number of carbonyl (C=O) groups excluding carboxylic acids is 1. The summed E-state index contributed by atoms with van der Waals surface area (Å²) in [6, 6.07) is -0.167. The zero-order chi connectivity index (χ0) is 12.4. The normalized spacial score (nSPS) is 23.5. The lowest BCUT2D eigenvalue weighted by molar-refractivity contribution is -0.141. The molecule has 1 saturated carbocycles. The highest BCUT2D eigenvalue weighted by Gasteiger charge is 2.31. The van der Waals surface area contributed by atoms with E-state index in [0.29, 0.717) is 19.3 Å². The summed E-state index contributed by atoms with van der Waals surface area (Å²) < 4.78 is 4.31. The van der Waals surface area contributed by atoms with E-state index in [0.717, 1.165) is 0 Å². The Balaban J connectivity index is 1.93. The molecule has 92 valence electrons. The van der Waals surface area contributed by atoms with Gasteiger partial charge >= 0.3 is 5.97 Å². The summed E-state index contributed by atoms with van der Waals surface area (Å²) in [6.07, 6.45) is 1.62. The Morgan fingerprint density at radius 2 is 2.18 bits per heavy atom. The first-order chi connectivity index (χ1) is 8.08. The third-order valence-corrected chi connectivity index (χ3v) is 2.85. The number of carbonyl (C=O) groups is 2. The summed E-state index contributed by atoms with van der Waals surface area (Å²) in [5.41, 5.74) is 5.30. The Labute approximate surface area is 96.1 Å². The van der Waals surface area contributed by atoms with E-state index in [1.54, 1.807) is 0 Å². The van der Waals surface area contributed by atoms with Gasteiger partial charge in [-0.15, -0.1) is 0 Å². The molecule has 4 N–H and O–H groups in total. The topological polar surface area (TPSA) is 131 Å². The summed E-state index contributed by atoms with van der Waals surface area (Å²) in [4.78, 5) is 22.4. The number of rotatable bonds is 3. The lowest BCUT2D eigenvalue weighted by Gasteiger charge is -2.10. The molecule has 1 fully saturated rings. The highest BCUT2D eigenvalue weighted by Crippen LogP contribution is 2.25. The lowest BCUT2D eigenvalue weighted by atomic mass is 10.1. The molecule has 1 heterocycles. The summed E-state index contributed by atoms with van der Waals surface area (Å²) in [6.45, 7) is 0. The molecule has 0 spiro atoms. The number of hydrogen-bond acceptors (Lipinski definition) is 6. The average Bonchev–Trinajstić information content (AvgIpc) is 2.86. The second-order valence-corrected chi connectivity index (χ2v) is 4.02. The van der Waals surface area contributed by atoms with E-state index in [1.165, 1.54) is 0 Å². The monoisotopic (exact) mass is 240 g/mol. The maximum atomic E-state index is 11.7. The number of nitrogen functional groups attached to an aromatic ring is 1. The van der Waals surface area contributed by atoms with Crippen molar-refractivity contribution in [3.8, 4) is 0 Å². The van der Waals surface area contributed by atoms with Crippen LogP contribution in [0.25, 0.3) is 0 Å². The van der Waals surface area contributed by atoms with Crippen molar-refractivity contribution < 1.29 is 19.3 Å². The molecule has 1 amide bonds. The largest absolute Gasteiger partial charge is 0.481 e. The van der Waals surface area contributed by atoms with Gasteiger partial charge in [0.05, 0.1) is 5.92 Å². The van der Waals surface area contributed by atoms with E-state index in [-0.39, 0.29) is 17.6 Å². The van der Waals surface area contributed by atoms with Crippen LogP contribution >= 0.6 is 0 Å². The summed E-state index contributed by atoms with van der Waals surface area (Å²) in [5.74, 6) is -1.78. The molecular weight excluding hydrogens is 228 g/mol. The number of aliphatic carboxylic acids is 1. The van der Waals surface area contributed by atoms with Gasteiger partial charge in [-0.25, -0.2) is 4.63 Å². The summed E-state index contributed by atoms with van der Waals surface area (Å²) >= 11 is 0. The molecule has 2 rings (SSSR count). The van der Waals surface area contributed by atoms with Crippen molar-refractivity contribution in [2.24, 2.45) is 5.92 Å². The average molecular weight is 240 g/mol. The third-order valence-electron chi connectivity index (χ3n) is 2.85. The fraction of sp³-hybridized carbons (Fsp3) is 0.556. The number of nitrogens with one attached hydrogen (secondary N) is 1. The molecule has 1 aliphatic carbocycles. The van der Waals surface area contributed by atoms with Gasteiger partial charge in [-0.1, -0.05) is 0 Å². The minimum absolute atomic E-state index is 0.0659. The van der Waals surface area contributed by atoms with Crippen molar-refractivity contribution in [1.29, 1.82) is 0 Å². The van der Waals surface area contributed by atoms with Gasteiger partial charge in [-0.2, -0.15) is 0 Å². The zero-order valence-electron chi connectivity index (χ0n) is 8.92. The van der Waals surface area contributed by atoms with Crippen LogP contribution < -0.4 is 11.1 Å². The minimum Gasteiger partial charge on any atom is -0.481 e. The molecule has 0 aliphatic heterocycles. The number of nitrogens with zero attached hydrogens (tertiary/aromatic N) is 2. The van der Waals surface area contributed by atoms with Gasteiger partial charge in [0.15, 0.2) is 0 Å². The molecule has 17 heavy (non-hydrogen) atoms. The van der Waals surface area contributed by atoms with Crippen LogP contribution in [0.1, 0.15) is 29.8 Å². The van der Waals surface area contributed by atoms with Gasteiger partial charge in [-0.3, -0.25) is 9.59 Å². The maximum absolute atomic E-state index is 11.7. The van der Waals surface area contributed by atoms with Crippen molar-refractivity contribution in [3.63, 3.8) is 0 Å². The number of carboxylic acids is 1. The lowest BCUT2D eigenvalue weighted by Crippen LogP contribution is -2.34. The summed E-state index contributed by atoms with van der Waals surface area (Å²) in [5, 5.41) is 18.1. The molecule has 2 atom stereocenters. The molecule has 2 unspecified atom stereocenters. The second kappa shape index (κ2) is 4.40. The van der Waals surface area contributed by atoms with Crippen LogP contribution in [0.5, 0.6) is 0 Å². The van der Waals surface area contributed by atoms with Crippen molar-refractivity contribution in [2.45, 2.75) is 25.3 Å². The Morgan fingerprint density at radius 1 is 1.41 bits per heavy atom. The quantitative estimate of drug-likeness (QED) is 0.656. The fourth-order valence-corrected chi connectivity index (χ4v) is 1.94. The van der Waals surface area contributed by atoms with Gasteiger partial charge < -0.3 is 16.2 Å². The molecule has 0 saturated heterocycles. The van der Waals surface area contributed by atoms with E-state index in [4.69, 9.17) is 10.8 Å². The van der Waals surface area contributed by atoms with E-state index < -0.39 is 17.8 Å². The van der Waals surface area contributed by atoms with Gasteiger partial charge in [0, 0.05) is 6.04 Å². The van der Waals surface area contributed by atoms with Crippen LogP contribution in [0.15, 0.2) is 4.63 Å². The van der Waals surface area contributed by atoms with Gasteiger partial charge in [-0.05, 0) is 29.6 Å². The molecule has 0 aromatic carbocycles. The molecule has 1 aromatic heterocycles. The van der Waals surface area contributed by atoms with Crippen LogP contribution in [0.3, 0.4) is 0 Å². The summed E-state index contributed by atoms with van der Waals surface area (Å²) in [7, 11) is 0. The third kappa shape index (κ3) is 2.35. The fourth-order valence-electron chi connectivity index (χ4n) is 1.94. The Kier molecular flexibility index (Phi) is 2.94. The van der Waals surface area contributed by atoms with Gasteiger partial charge in [0.25, 0.3) is 5.91 Å².